The van der Waals surface area contributed by atoms with E-state index in [1.54, 1.807) is 18.3 Å². The standard InChI is InChI=1S/C16H15NO2/c1-2-13-5-7-14(8-6-13)9-11-19-16-4-3-10-17-15(16)12-18/h2-8,10,12H,1,9,11H2. The smallest absolute Gasteiger partial charge is 0.172 e. The number of ether oxygens (including phenoxy) is 1. The lowest BCUT2D eigenvalue weighted by atomic mass is 10.1. The number of carbonyl (C=O) groups excluding carboxylic acids is 1. The second kappa shape index (κ2) is 6.50. The molecule has 2 rings (SSSR count). The third kappa shape index (κ3) is 3.52. The van der Waals surface area contributed by atoms with Gasteiger partial charge in [-0.05, 0) is 23.3 Å². The normalized spacial score (nSPS) is 9.89. The van der Waals surface area contributed by atoms with Crippen molar-refractivity contribution in [3.8, 4) is 5.75 Å². The minimum atomic E-state index is 0.338. The van der Waals surface area contributed by atoms with Crippen molar-refractivity contribution in [3.63, 3.8) is 0 Å². The van der Waals surface area contributed by atoms with Gasteiger partial charge in [-0.3, -0.25) is 4.79 Å². The molecule has 0 fully saturated rings. The average Bonchev–Trinajstić information content (AvgIpc) is 2.48. The van der Waals surface area contributed by atoms with Crippen LogP contribution in [0.1, 0.15) is 21.6 Å². The molecule has 0 amide bonds. The van der Waals surface area contributed by atoms with Gasteiger partial charge in [0.15, 0.2) is 6.29 Å². The summed E-state index contributed by atoms with van der Waals surface area (Å²) in [5.74, 6) is 0.528. The molecule has 0 N–H and O–H groups in total. The van der Waals surface area contributed by atoms with Crippen LogP contribution in [0, 0.1) is 0 Å². The van der Waals surface area contributed by atoms with Crippen LogP contribution >= 0.6 is 0 Å². The zero-order valence-electron chi connectivity index (χ0n) is 10.6. The van der Waals surface area contributed by atoms with E-state index in [0.29, 0.717) is 24.3 Å². The van der Waals surface area contributed by atoms with Crippen LogP contribution in [0.25, 0.3) is 6.08 Å². The summed E-state index contributed by atoms with van der Waals surface area (Å²) in [6.45, 7) is 4.23. The van der Waals surface area contributed by atoms with Crippen LogP contribution < -0.4 is 4.74 Å². The molecule has 0 radical (unpaired) electrons. The first-order valence-electron chi connectivity index (χ1n) is 6.08. The highest BCUT2D eigenvalue weighted by atomic mass is 16.5. The van der Waals surface area contributed by atoms with Crippen molar-refractivity contribution >= 4 is 12.4 Å². The van der Waals surface area contributed by atoms with E-state index in [1.807, 2.05) is 30.3 Å². The lowest BCUT2D eigenvalue weighted by Gasteiger charge is -2.07. The van der Waals surface area contributed by atoms with Gasteiger partial charge in [-0.25, -0.2) is 4.98 Å². The van der Waals surface area contributed by atoms with Crippen LogP contribution in [0.3, 0.4) is 0 Å². The van der Waals surface area contributed by atoms with Crippen LogP contribution in [-0.4, -0.2) is 17.9 Å². The summed E-state index contributed by atoms with van der Waals surface area (Å²) in [5, 5.41) is 0. The second-order valence-electron chi connectivity index (χ2n) is 4.05. The maximum absolute atomic E-state index is 10.8. The molecule has 1 aromatic carbocycles. The Kier molecular flexibility index (Phi) is 4.45. The molecule has 0 aliphatic heterocycles. The summed E-state index contributed by atoms with van der Waals surface area (Å²) in [6.07, 6.45) is 4.87. The zero-order chi connectivity index (χ0) is 13.5. The number of carbonyl (C=O) groups is 1. The quantitative estimate of drug-likeness (QED) is 0.742. The molecule has 0 unspecified atom stereocenters. The van der Waals surface area contributed by atoms with Gasteiger partial charge in [0.2, 0.25) is 0 Å². The predicted molar refractivity (Wildman–Crippen MR) is 75.4 cm³/mol. The van der Waals surface area contributed by atoms with Crippen LogP contribution in [0.5, 0.6) is 5.75 Å². The van der Waals surface area contributed by atoms with Gasteiger partial charge in [0.05, 0.1) is 6.61 Å². The van der Waals surface area contributed by atoms with Gasteiger partial charge in [0.1, 0.15) is 11.4 Å². The molecule has 0 aliphatic carbocycles. The van der Waals surface area contributed by atoms with E-state index in [2.05, 4.69) is 11.6 Å². The molecule has 0 bridgehead atoms. The molecule has 0 spiro atoms. The predicted octanol–water partition coefficient (Wildman–Crippen LogP) is 3.16. The molecule has 0 atom stereocenters. The van der Waals surface area contributed by atoms with Gasteiger partial charge in [-0.1, -0.05) is 36.9 Å². The molecule has 3 nitrogen and oxygen atoms in total. The van der Waals surface area contributed by atoms with Crippen molar-refractivity contribution in [1.29, 1.82) is 0 Å². The van der Waals surface area contributed by atoms with Crippen molar-refractivity contribution in [2.45, 2.75) is 6.42 Å². The molecular formula is C16H15NO2. The third-order valence-electron chi connectivity index (χ3n) is 2.78. The van der Waals surface area contributed by atoms with Crippen molar-refractivity contribution in [2.24, 2.45) is 0 Å². The Morgan fingerprint density at radius 2 is 2.00 bits per heavy atom. The Balaban J connectivity index is 1.92. The first-order chi connectivity index (χ1) is 9.33. The Morgan fingerprint density at radius 1 is 1.21 bits per heavy atom. The summed E-state index contributed by atoms with van der Waals surface area (Å²) in [6, 6.07) is 11.6. The molecule has 0 saturated carbocycles. The molecule has 0 saturated heterocycles. The summed E-state index contributed by atoms with van der Waals surface area (Å²) < 4.78 is 5.57. The monoisotopic (exact) mass is 253 g/mol. The maximum atomic E-state index is 10.8. The van der Waals surface area contributed by atoms with E-state index in [1.165, 1.54) is 5.56 Å². The highest BCUT2D eigenvalue weighted by Gasteiger charge is 2.02. The number of benzene rings is 1. The molecule has 1 aromatic heterocycles. The third-order valence-corrected chi connectivity index (χ3v) is 2.78. The molecular weight excluding hydrogens is 238 g/mol. The van der Waals surface area contributed by atoms with E-state index < -0.39 is 0 Å². The number of nitrogens with zero attached hydrogens (tertiary/aromatic N) is 1. The van der Waals surface area contributed by atoms with Gasteiger partial charge < -0.3 is 4.74 Å². The second-order valence-corrected chi connectivity index (χ2v) is 4.05. The van der Waals surface area contributed by atoms with Gasteiger partial charge >= 0.3 is 0 Å². The summed E-state index contributed by atoms with van der Waals surface area (Å²) in [4.78, 5) is 14.7. The van der Waals surface area contributed by atoms with Gasteiger partial charge in [0, 0.05) is 12.6 Å². The largest absolute Gasteiger partial charge is 0.491 e. The first kappa shape index (κ1) is 13.0. The Bertz CT molecular complexity index is 561. The fraction of sp³-hybridized carbons (Fsp3) is 0.125. The van der Waals surface area contributed by atoms with Crippen LogP contribution in [0.4, 0.5) is 0 Å². The zero-order valence-corrected chi connectivity index (χ0v) is 10.6. The molecule has 0 aliphatic rings. The van der Waals surface area contributed by atoms with Crippen molar-refractivity contribution in [1.82, 2.24) is 4.98 Å². The summed E-state index contributed by atoms with van der Waals surface area (Å²) in [5.41, 5.74) is 2.62. The fourth-order valence-corrected chi connectivity index (χ4v) is 1.71. The van der Waals surface area contributed by atoms with Gasteiger partial charge in [0.25, 0.3) is 0 Å². The summed E-state index contributed by atoms with van der Waals surface area (Å²) in [7, 11) is 0. The first-order valence-corrected chi connectivity index (χ1v) is 6.08. The number of rotatable bonds is 6. The van der Waals surface area contributed by atoms with Gasteiger partial charge in [-0.2, -0.15) is 0 Å². The highest BCUT2D eigenvalue weighted by Crippen LogP contribution is 2.13. The molecule has 19 heavy (non-hydrogen) atoms. The van der Waals surface area contributed by atoms with E-state index in [0.717, 1.165) is 12.0 Å². The molecule has 2 aromatic rings. The minimum absolute atomic E-state index is 0.338. The Labute approximate surface area is 112 Å². The van der Waals surface area contributed by atoms with Crippen LogP contribution in [0.15, 0.2) is 49.2 Å². The Morgan fingerprint density at radius 3 is 2.68 bits per heavy atom. The van der Waals surface area contributed by atoms with Crippen molar-refractivity contribution < 1.29 is 9.53 Å². The Hall–Kier alpha value is -2.42. The van der Waals surface area contributed by atoms with E-state index in [9.17, 15) is 4.79 Å². The molecule has 3 heteroatoms. The van der Waals surface area contributed by atoms with Gasteiger partial charge in [-0.15, -0.1) is 0 Å². The fourth-order valence-electron chi connectivity index (χ4n) is 1.71. The lowest BCUT2D eigenvalue weighted by molar-refractivity contribution is 0.111. The van der Waals surface area contributed by atoms with Crippen LogP contribution in [-0.2, 0) is 6.42 Å². The SMILES string of the molecule is C=Cc1ccc(CCOc2cccnc2C=O)cc1. The topological polar surface area (TPSA) is 39.2 Å². The number of aldehydes is 1. The van der Waals surface area contributed by atoms with E-state index in [-0.39, 0.29) is 0 Å². The average molecular weight is 253 g/mol. The number of hydrogen-bond acceptors (Lipinski definition) is 3. The lowest BCUT2D eigenvalue weighted by Crippen LogP contribution is -2.04. The number of aromatic nitrogens is 1. The maximum Gasteiger partial charge on any atom is 0.172 e. The van der Waals surface area contributed by atoms with Crippen LogP contribution in [0.2, 0.25) is 0 Å². The van der Waals surface area contributed by atoms with Crippen molar-refractivity contribution in [2.75, 3.05) is 6.61 Å². The molecule has 96 valence electrons. The number of hydrogen-bond donors (Lipinski definition) is 0. The summed E-state index contributed by atoms with van der Waals surface area (Å²) >= 11 is 0. The van der Waals surface area contributed by atoms with E-state index >= 15 is 0 Å². The highest BCUT2D eigenvalue weighted by molar-refractivity contribution is 5.75. The molecule has 1 heterocycles. The van der Waals surface area contributed by atoms with E-state index in [4.69, 9.17) is 4.74 Å². The van der Waals surface area contributed by atoms with Crippen molar-refractivity contribution in [3.05, 3.63) is 66.0 Å². The minimum Gasteiger partial charge on any atom is -0.491 e. The number of pyridine rings is 1.